The Morgan fingerprint density at radius 1 is 1.41 bits per heavy atom. The molecular formula is C16H23N3O3. The molecule has 0 radical (unpaired) electrons. The second-order valence-corrected chi connectivity index (χ2v) is 6.48. The van der Waals surface area contributed by atoms with E-state index in [2.05, 4.69) is 10.3 Å². The van der Waals surface area contributed by atoms with Crippen molar-refractivity contribution in [2.24, 2.45) is 0 Å². The van der Waals surface area contributed by atoms with Gasteiger partial charge in [0.2, 0.25) is 0 Å². The van der Waals surface area contributed by atoms with Gasteiger partial charge in [0.1, 0.15) is 5.60 Å². The molecule has 1 fully saturated rings. The Hall–Kier alpha value is -2.11. The SMILES string of the molecule is CC(C)(C)OC(=O)N1CCCC(NC(=O)c2cccnc2)C1. The predicted molar refractivity (Wildman–Crippen MR) is 82.5 cm³/mol. The second-order valence-electron chi connectivity index (χ2n) is 6.48. The standard InChI is InChI=1S/C16H23N3O3/c1-16(2,3)22-15(21)19-9-5-7-13(11-19)18-14(20)12-6-4-8-17-10-12/h4,6,8,10,13H,5,7,9,11H2,1-3H3,(H,18,20). The summed E-state index contributed by atoms with van der Waals surface area (Å²) in [6, 6.07) is 3.38. The molecule has 1 unspecified atom stereocenters. The van der Waals surface area contributed by atoms with Gasteiger partial charge in [-0.2, -0.15) is 0 Å². The first-order valence-corrected chi connectivity index (χ1v) is 7.54. The largest absolute Gasteiger partial charge is 0.444 e. The fraction of sp³-hybridized carbons (Fsp3) is 0.562. The molecule has 0 bridgehead atoms. The molecule has 0 saturated carbocycles. The number of piperidine rings is 1. The van der Waals surface area contributed by atoms with Crippen molar-refractivity contribution in [3.8, 4) is 0 Å². The molecule has 1 aliphatic heterocycles. The molecule has 1 atom stereocenters. The summed E-state index contributed by atoms with van der Waals surface area (Å²) < 4.78 is 5.38. The summed E-state index contributed by atoms with van der Waals surface area (Å²) in [6.45, 7) is 6.67. The van der Waals surface area contributed by atoms with Crippen LogP contribution in [0.4, 0.5) is 4.79 Å². The van der Waals surface area contributed by atoms with Crippen molar-refractivity contribution >= 4 is 12.0 Å². The van der Waals surface area contributed by atoms with Crippen molar-refractivity contribution in [2.45, 2.75) is 45.3 Å². The minimum atomic E-state index is -0.511. The average molecular weight is 305 g/mol. The van der Waals surface area contributed by atoms with Gasteiger partial charge in [-0.3, -0.25) is 9.78 Å². The maximum absolute atomic E-state index is 12.1. The highest BCUT2D eigenvalue weighted by Gasteiger charge is 2.28. The lowest BCUT2D eigenvalue weighted by atomic mass is 10.1. The third kappa shape index (κ3) is 4.72. The fourth-order valence-corrected chi connectivity index (χ4v) is 2.35. The van der Waals surface area contributed by atoms with Crippen LogP contribution in [0.3, 0.4) is 0 Å². The van der Waals surface area contributed by atoms with Crippen molar-refractivity contribution in [3.05, 3.63) is 30.1 Å². The summed E-state index contributed by atoms with van der Waals surface area (Å²) in [6.07, 6.45) is 4.53. The van der Waals surface area contributed by atoms with Crippen molar-refractivity contribution in [2.75, 3.05) is 13.1 Å². The highest BCUT2D eigenvalue weighted by Crippen LogP contribution is 2.15. The van der Waals surface area contributed by atoms with Gasteiger partial charge in [-0.25, -0.2) is 4.79 Å². The van der Waals surface area contributed by atoms with E-state index < -0.39 is 5.60 Å². The van der Waals surface area contributed by atoms with Gasteiger partial charge in [0.05, 0.1) is 5.56 Å². The zero-order valence-corrected chi connectivity index (χ0v) is 13.3. The van der Waals surface area contributed by atoms with Gasteiger partial charge >= 0.3 is 6.09 Å². The Labute approximate surface area is 130 Å². The monoisotopic (exact) mass is 305 g/mol. The van der Waals surface area contributed by atoms with Gasteiger partial charge in [-0.15, -0.1) is 0 Å². The summed E-state index contributed by atoms with van der Waals surface area (Å²) in [7, 11) is 0. The Bertz CT molecular complexity index is 525. The minimum Gasteiger partial charge on any atom is -0.444 e. The molecule has 2 amide bonds. The van der Waals surface area contributed by atoms with Crippen LogP contribution in [0.5, 0.6) is 0 Å². The van der Waals surface area contributed by atoms with E-state index in [4.69, 9.17) is 4.74 Å². The van der Waals surface area contributed by atoms with E-state index in [1.54, 1.807) is 23.2 Å². The van der Waals surface area contributed by atoms with Crippen LogP contribution in [0, 0.1) is 0 Å². The number of pyridine rings is 1. The number of hydrogen-bond donors (Lipinski definition) is 1. The normalized spacial score (nSPS) is 18.7. The second kappa shape index (κ2) is 6.77. The summed E-state index contributed by atoms with van der Waals surface area (Å²) in [5.41, 5.74) is 0.0140. The molecule has 0 aliphatic carbocycles. The number of nitrogens with one attached hydrogen (secondary N) is 1. The molecule has 1 N–H and O–H groups in total. The van der Waals surface area contributed by atoms with Crippen molar-refractivity contribution in [1.29, 1.82) is 0 Å². The Morgan fingerprint density at radius 3 is 2.82 bits per heavy atom. The zero-order chi connectivity index (χ0) is 16.2. The summed E-state index contributed by atoms with van der Waals surface area (Å²) >= 11 is 0. The van der Waals surface area contributed by atoms with Crippen LogP contribution in [-0.2, 0) is 4.74 Å². The van der Waals surface area contributed by atoms with E-state index in [0.717, 1.165) is 12.8 Å². The fourth-order valence-electron chi connectivity index (χ4n) is 2.35. The summed E-state index contributed by atoms with van der Waals surface area (Å²) in [4.78, 5) is 29.8. The molecule has 120 valence electrons. The first-order chi connectivity index (χ1) is 10.3. The Kier molecular flexibility index (Phi) is 5.00. The average Bonchev–Trinajstić information content (AvgIpc) is 2.46. The molecule has 22 heavy (non-hydrogen) atoms. The maximum Gasteiger partial charge on any atom is 0.410 e. The van der Waals surface area contributed by atoms with E-state index in [1.807, 2.05) is 20.8 Å². The lowest BCUT2D eigenvalue weighted by Crippen LogP contribution is -2.50. The van der Waals surface area contributed by atoms with Gasteiger partial charge in [-0.1, -0.05) is 0 Å². The van der Waals surface area contributed by atoms with E-state index in [9.17, 15) is 9.59 Å². The van der Waals surface area contributed by atoms with E-state index in [0.29, 0.717) is 18.7 Å². The maximum atomic E-state index is 12.1. The smallest absolute Gasteiger partial charge is 0.410 e. The van der Waals surface area contributed by atoms with E-state index in [-0.39, 0.29) is 18.0 Å². The van der Waals surface area contributed by atoms with Crippen molar-refractivity contribution in [3.63, 3.8) is 0 Å². The minimum absolute atomic E-state index is 0.0611. The van der Waals surface area contributed by atoms with Crippen molar-refractivity contribution < 1.29 is 14.3 Å². The lowest BCUT2D eigenvalue weighted by molar-refractivity contribution is 0.0185. The predicted octanol–water partition coefficient (Wildman–Crippen LogP) is 2.21. The number of ether oxygens (including phenoxy) is 1. The van der Waals surface area contributed by atoms with Crippen LogP contribution in [0.1, 0.15) is 44.0 Å². The van der Waals surface area contributed by atoms with Gasteiger partial charge < -0.3 is 15.0 Å². The van der Waals surface area contributed by atoms with Crippen molar-refractivity contribution in [1.82, 2.24) is 15.2 Å². The Morgan fingerprint density at radius 2 is 2.18 bits per heavy atom. The van der Waals surface area contributed by atoms with Crippen LogP contribution >= 0.6 is 0 Å². The highest BCUT2D eigenvalue weighted by molar-refractivity contribution is 5.94. The number of nitrogens with zero attached hydrogens (tertiary/aromatic N) is 2. The third-order valence-corrected chi connectivity index (χ3v) is 3.33. The quantitative estimate of drug-likeness (QED) is 0.909. The highest BCUT2D eigenvalue weighted by atomic mass is 16.6. The molecule has 1 saturated heterocycles. The molecule has 0 aromatic carbocycles. The number of amides is 2. The lowest BCUT2D eigenvalue weighted by Gasteiger charge is -2.34. The summed E-state index contributed by atoms with van der Waals surface area (Å²) in [5, 5.41) is 2.95. The molecule has 2 heterocycles. The molecule has 2 rings (SSSR count). The molecule has 6 nitrogen and oxygen atoms in total. The molecule has 1 aliphatic rings. The number of aromatic nitrogens is 1. The molecular weight excluding hydrogens is 282 g/mol. The first-order valence-electron chi connectivity index (χ1n) is 7.54. The van der Waals surface area contributed by atoms with Gasteiger partial charge in [0.15, 0.2) is 0 Å². The zero-order valence-electron chi connectivity index (χ0n) is 13.3. The first kappa shape index (κ1) is 16.3. The van der Waals surface area contributed by atoms with E-state index >= 15 is 0 Å². The van der Waals surface area contributed by atoms with Crippen LogP contribution in [0.15, 0.2) is 24.5 Å². The molecule has 1 aromatic heterocycles. The van der Waals surface area contributed by atoms with Gasteiger partial charge in [-0.05, 0) is 45.7 Å². The van der Waals surface area contributed by atoms with Gasteiger partial charge in [0.25, 0.3) is 5.91 Å². The summed E-state index contributed by atoms with van der Waals surface area (Å²) in [5.74, 6) is -0.163. The third-order valence-electron chi connectivity index (χ3n) is 3.33. The van der Waals surface area contributed by atoms with Crippen LogP contribution in [0.25, 0.3) is 0 Å². The van der Waals surface area contributed by atoms with Gasteiger partial charge in [0, 0.05) is 31.5 Å². The number of likely N-dealkylation sites (tertiary alicyclic amines) is 1. The van der Waals surface area contributed by atoms with Crippen LogP contribution < -0.4 is 5.32 Å². The molecule has 0 spiro atoms. The topological polar surface area (TPSA) is 71.5 Å². The van der Waals surface area contributed by atoms with E-state index in [1.165, 1.54) is 6.20 Å². The molecule has 6 heteroatoms. The van der Waals surface area contributed by atoms with Crippen LogP contribution in [0.2, 0.25) is 0 Å². The number of carbonyl (C=O) groups excluding carboxylic acids is 2. The number of rotatable bonds is 2. The molecule has 1 aromatic rings. The Balaban J connectivity index is 1.91. The number of hydrogen-bond acceptors (Lipinski definition) is 4. The van der Waals surface area contributed by atoms with Crippen LogP contribution in [-0.4, -0.2) is 46.6 Å². The number of carbonyl (C=O) groups is 2.